The second-order valence-corrected chi connectivity index (χ2v) is 5.49. The number of aliphatic hydroxyl groups excluding tert-OH is 1. The number of ether oxygens (including phenoxy) is 1. The molecule has 112 valence electrons. The van der Waals surface area contributed by atoms with Crippen LogP contribution in [0.15, 0.2) is 24.3 Å². The molecule has 0 amide bonds. The summed E-state index contributed by atoms with van der Waals surface area (Å²) < 4.78 is 5.64. The predicted molar refractivity (Wildman–Crippen MR) is 80.6 cm³/mol. The van der Waals surface area contributed by atoms with Gasteiger partial charge in [-0.1, -0.05) is 12.1 Å². The summed E-state index contributed by atoms with van der Waals surface area (Å²) in [7, 11) is 0. The molecule has 6 heteroatoms. The molecule has 0 aliphatic carbocycles. The van der Waals surface area contributed by atoms with Crippen LogP contribution in [0.4, 0.5) is 5.82 Å². The van der Waals surface area contributed by atoms with Gasteiger partial charge in [0.25, 0.3) is 0 Å². The van der Waals surface area contributed by atoms with Crippen LogP contribution in [0.2, 0.25) is 0 Å². The van der Waals surface area contributed by atoms with Crippen LogP contribution in [0.5, 0.6) is 0 Å². The Balaban J connectivity index is 1.81. The fraction of sp³-hybridized carbons (Fsp3) is 0.467. The Kier molecular flexibility index (Phi) is 4.01. The fourth-order valence-electron chi connectivity index (χ4n) is 2.79. The number of fused-ring (bicyclic) bond motifs is 1. The van der Waals surface area contributed by atoms with Crippen LogP contribution in [0, 0.1) is 0 Å². The van der Waals surface area contributed by atoms with Gasteiger partial charge in [-0.05, 0) is 19.1 Å². The fourth-order valence-corrected chi connectivity index (χ4v) is 2.79. The van der Waals surface area contributed by atoms with Crippen LogP contribution in [0.3, 0.4) is 0 Å². The summed E-state index contributed by atoms with van der Waals surface area (Å²) in [4.78, 5) is 11.2. The van der Waals surface area contributed by atoms with E-state index in [1.165, 1.54) is 0 Å². The number of aromatic nitrogens is 2. The van der Waals surface area contributed by atoms with E-state index in [2.05, 4.69) is 14.9 Å². The van der Waals surface area contributed by atoms with Gasteiger partial charge < -0.3 is 15.6 Å². The van der Waals surface area contributed by atoms with Crippen molar-refractivity contribution in [3.8, 4) is 0 Å². The molecule has 2 atom stereocenters. The van der Waals surface area contributed by atoms with E-state index in [1.54, 1.807) is 0 Å². The van der Waals surface area contributed by atoms with Crippen molar-refractivity contribution in [1.82, 2.24) is 14.9 Å². The van der Waals surface area contributed by atoms with E-state index < -0.39 is 0 Å². The van der Waals surface area contributed by atoms with Crippen LogP contribution in [-0.4, -0.2) is 51.9 Å². The largest absolute Gasteiger partial charge is 0.394 e. The molecule has 1 aromatic carbocycles. The van der Waals surface area contributed by atoms with E-state index in [0.29, 0.717) is 24.7 Å². The molecule has 0 radical (unpaired) electrons. The number of para-hydroxylation sites is 1. The van der Waals surface area contributed by atoms with Crippen molar-refractivity contribution < 1.29 is 9.84 Å². The lowest BCUT2D eigenvalue weighted by Gasteiger charge is -2.35. The zero-order valence-electron chi connectivity index (χ0n) is 12.1. The van der Waals surface area contributed by atoms with Crippen molar-refractivity contribution in [1.29, 1.82) is 0 Å². The Morgan fingerprint density at radius 1 is 1.33 bits per heavy atom. The summed E-state index contributed by atoms with van der Waals surface area (Å²) in [6, 6.07) is 7.73. The van der Waals surface area contributed by atoms with E-state index in [4.69, 9.17) is 10.5 Å². The Bertz CT molecular complexity index is 634. The van der Waals surface area contributed by atoms with Crippen molar-refractivity contribution in [2.24, 2.45) is 0 Å². The van der Waals surface area contributed by atoms with Gasteiger partial charge in [0.2, 0.25) is 0 Å². The quantitative estimate of drug-likeness (QED) is 0.869. The summed E-state index contributed by atoms with van der Waals surface area (Å²) in [5.74, 6) is 1.22. The third-order valence-corrected chi connectivity index (χ3v) is 3.65. The first kappa shape index (κ1) is 14.2. The summed E-state index contributed by atoms with van der Waals surface area (Å²) >= 11 is 0. The molecule has 0 bridgehead atoms. The van der Waals surface area contributed by atoms with Crippen molar-refractivity contribution in [2.45, 2.75) is 25.7 Å². The van der Waals surface area contributed by atoms with Gasteiger partial charge >= 0.3 is 0 Å². The number of hydrogen-bond donors (Lipinski definition) is 2. The van der Waals surface area contributed by atoms with E-state index >= 15 is 0 Å². The number of hydrogen-bond acceptors (Lipinski definition) is 6. The maximum absolute atomic E-state index is 9.28. The smallest absolute Gasteiger partial charge is 0.145 e. The predicted octanol–water partition coefficient (Wildman–Crippen LogP) is 0.794. The van der Waals surface area contributed by atoms with Gasteiger partial charge in [0, 0.05) is 18.5 Å². The highest BCUT2D eigenvalue weighted by atomic mass is 16.5. The monoisotopic (exact) mass is 288 g/mol. The van der Waals surface area contributed by atoms with Crippen molar-refractivity contribution in [2.75, 3.05) is 25.4 Å². The lowest BCUT2D eigenvalue weighted by atomic mass is 10.2. The maximum atomic E-state index is 9.28. The van der Waals surface area contributed by atoms with Gasteiger partial charge in [0.1, 0.15) is 11.6 Å². The zero-order chi connectivity index (χ0) is 14.8. The molecule has 6 nitrogen and oxygen atoms in total. The molecule has 0 spiro atoms. The molecule has 21 heavy (non-hydrogen) atoms. The van der Waals surface area contributed by atoms with Gasteiger partial charge in [-0.2, -0.15) is 0 Å². The van der Waals surface area contributed by atoms with Crippen molar-refractivity contribution in [3.05, 3.63) is 30.1 Å². The topological polar surface area (TPSA) is 84.5 Å². The first-order valence-corrected chi connectivity index (χ1v) is 7.15. The van der Waals surface area contributed by atoms with E-state index in [1.807, 2.05) is 31.2 Å². The third-order valence-electron chi connectivity index (χ3n) is 3.65. The molecule has 0 saturated carbocycles. The molecule has 1 aromatic heterocycles. The number of morpholine rings is 1. The second-order valence-electron chi connectivity index (χ2n) is 5.49. The van der Waals surface area contributed by atoms with Crippen LogP contribution in [0.1, 0.15) is 12.7 Å². The summed E-state index contributed by atoms with van der Waals surface area (Å²) in [5.41, 5.74) is 6.87. The Hall–Kier alpha value is -1.76. The average Bonchev–Trinajstić information content (AvgIpc) is 2.46. The number of anilines is 1. The van der Waals surface area contributed by atoms with E-state index in [9.17, 15) is 5.11 Å². The first-order chi connectivity index (χ1) is 10.2. The Labute approximate surface area is 123 Å². The van der Waals surface area contributed by atoms with Gasteiger partial charge in [-0.15, -0.1) is 0 Å². The molecule has 2 heterocycles. The van der Waals surface area contributed by atoms with Gasteiger partial charge in [-0.25, -0.2) is 9.97 Å². The normalized spacial score (nSPS) is 23.5. The summed E-state index contributed by atoms with van der Waals surface area (Å²) in [6.45, 7) is 4.12. The Morgan fingerprint density at radius 3 is 2.95 bits per heavy atom. The van der Waals surface area contributed by atoms with Gasteiger partial charge in [0.15, 0.2) is 0 Å². The third kappa shape index (κ3) is 3.12. The lowest BCUT2D eigenvalue weighted by molar-refractivity contribution is -0.0977. The Morgan fingerprint density at radius 2 is 2.14 bits per heavy atom. The second kappa shape index (κ2) is 5.93. The number of nitrogens with zero attached hydrogens (tertiary/aromatic N) is 3. The van der Waals surface area contributed by atoms with Gasteiger partial charge in [-0.3, -0.25) is 4.90 Å². The standard InChI is InChI=1S/C15H20N4O2/c1-10-6-19(7-11(9-20)21-10)8-14-17-13-5-3-2-4-12(13)15(16)18-14/h2-5,10-11,20H,6-9H2,1H3,(H2,16,17,18). The zero-order valence-corrected chi connectivity index (χ0v) is 12.1. The molecular formula is C15H20N4O2. The van der Waals surface area contributed by atoms with Crippen molar-refractivity contribution >= 4 is 16.7 Å². The van der Waals surface area contributed by atoms with Crippen LogP contribution in [0.25, 0.3) is 10.9 Å². The molecule has 1 fully saturated rings. The van der Waals surface area contributed by atoms with Crippen molar-refractivity contribution in [3.63, 3.8) is 0 Å². The number of nitrogen functional groups attached to an aromatic ring is 1. The maximum Gasteiger partial charge on any atom is 0.145 e. The lowest BCUT2D eigenvalue weighted by Crippen LogP contribution is -2.47. The highest BCUT2D eigenvalue weighted by molar-refractivity contribution is 5.87. The molecule has 3 N–H and O–H groups in total. The first-order valence-electron chi connectivity index (χ1n) is 7.15. The number of aliphatic hydroxyl groups is 1. The number of rotatable bonds is 3. The molecule has 2 unspecified atom stereocenters. The minimum absolute atomic E-state index is 0.0293. The van der Waals surface area contributed by atoms with Crippen LogP contribution < -0.4 is 5.73 Å². The van der Waals surface area contributed by atoms with Crippen LogP contribution in [-0.2, 0) is 11.3 Å². The minimum Gasteiger partial charge on any atom is -0.394 e. The van der Waals surface area contributed by atoms with Gasteiger partial charge in [0.05, 0.1) is 30.9 Å². The molecule has 1 aliphatic heterocycles. The summed E-state index contributed by atoms with van der Waals surface area (Å²) in [5, 5.41) is 10.2. The molecule has 1 saturated heterocycles. The van der Waals surface area contributed by atoms with E-state index in [-0.39, 0.29) is 18.8 Å². The molecule has 2 aromatic rings. The average molecular weight is 288 g/mol. The molecule has 3 rings (SSSR count). The minimum atomic E-state index is -0.147. The van der Waals surface area contributed by atoms with Crippen LogP contribution >= 0.6 is 0 Å². The SMILES string of the molecule is CC1CN(Cc2nc(N)c3ccccc3n2)CC(CO)O1. The molecule has 1 aliphatic rings. The molecular weight excluding hydrogens is 268 g/mol. The number of nitrogens with two attached hydrogens (primary N) is 1. The van der Waals surface area contributed by atoms with E-state index in [0.717, 1.165) is 17.4 Å². The highest BCUT2D eigenvalue weighted by Gasteiger charge is 2.25. The number of benzene rings is 1. The summed E-state index contributed by atoms with van der Waals surface area (Å²) in [6.07, 6.45) is -0.0553. The highest BCUT2D eigenvalue weighted by Crippen LogP contribution is 2.19.